The third-order valence-electron chi connectivity index (χ3n) is 4.77. The number of nitrogens with one attached hydrogen (secondary N) is 1. The first-order valence-corrected chi connectivity index (χ1v) is 10.8. The van der Waals surface area contributed by atoms with Crippen LogP contribution in [0, 0.1) is 11.6 Å². The first-order chi connectivity index (χ1) is 15.4. The highest BCUT2D eigenvalue weighted by molar-refractivity contribution is 7.99. The van der Waals surface area contributed by atoms with Crippen molar-refractivity contribution in [2.45, 2.75) is 25.6 Å². The number of rotatable bonds is 6. The van der Waals surface area contributed by atoms with E-state index in [4.69, 9.17) is 5.73 Å². The number of nitrogens with zero attached hydrogens (tertiary/aromatic N) is 4. The topological polar surface area (TPSA) is 98.7 Å². The minimum atomic E-state index is -1.16. The molecule has 164 valence electrons. The maximum Gasteiger partial charge on any atom is 0.279 e. The molecule has 0 aliphatic rings. The Morgan fingerprint density at radius 3 is 2.56 bits per heavy atom. The van der Waals surface area contributed by atoms with Gasteiger partial charge >= 0.3 is 0 Å². The van der Waals surface area contributed by atoms with Gasteiger partial charge in [0.2, 0.25) is 5.95 Å². The molecule has 4 aromatic rings. The summed E-state index contributed by atoms with van der Waals surface area (Å²) in [6.45, 7) is 3.55. The van der Waals surface area contributed by atoms with E-state index in [9.17, 15) is 9.18 Å². The van der Waals surface area contributed by atoms with Gasteiger partial charge in [-0.2, -0.15) is 4.98 Å². The molecule has 2 aromatic carbocycles. The van der Waals surface area contributed by atoms with Gasteiger partial charge in [0.25, 0.3) is 5.56 Å². The number of hydrogen-bond acceptors (Lipinski definition) is 7. The summed E-state index contributed by atoms with van der Waals surface area (Å²) in [6, 6.07) is 12.0. The fraction of sp³-hybridized carbons (Fsp3) is 0.182. The maximum absolute atomic E-state index is 15.0. The number of aromatic nitrogens is 4. The monoisotopic (exact) mass is 454 g/mol. The van der Waals surface area contributed by atoms with Crippen LogP contribution in [0.25, 0.3) is 22.4 Å². The Balaban J connectivity index is 1.71. The number of anilines is 2. The molecular weight excluding hydrogens is 434 g/mol. The number of nitrogens with two attached hydrogens (primary N) is 1. The van der Waals surface area contributed by atoms with Crippen molar-refractivity contribution in [2.75, 3.05) is 10.5 Å². The summed E-state index contributed by atoms with van der Waals surface area (Å²) in [5, 5.41) is 0. The zero-order chi connectivity index (χ0) is 22.8. The van der Waals surface area contributed by atoms with E-state index in [2.05, 4.69) is 19.7 Å². The molecule has 7 nitrogen and oxygen atoms in total. The minimum absolute atomic E-state index is 0.0125. The average molecular weight is 455 g/mol. The van der Waals surface area contributed by atoms with Crippen LogP contribution in [-0.2, 0) is 5.75 Å². The van der Waals surface area contributed by atoms with E-state index < -0.39 is 17.2 Å². The van der Waals surface area contributed by atoms with Gasteiger partial charge < -0.3 is 10.5 Å². The van der Waals surface area contributed by atoms with Crippen LogP contribution in [0.4, 0.5) is 20.4 Å². The highest BCUT2D eigenvalue weighted by Crippen LogP contribution is 2.29. The van der Waals surface area contributed by atoms with Crippen LogP contribution < -0.4 is 16.0 Å². The van der Waals surface area contributed by atoms with E-state index in [1.165, 1.54) is 34.8 Å². The molecule has 0 saturated heterocycles. The number of halogens is 2. The molecule has 0 amide bonds. The number of benzene rings is 2. The van der Waals surface area contributed by atoms with Crippen LogP contribution in [0.5, 0.6) is 0 Å². The Bertz CT molecular complexity index is 1340. The molecule has 32 heavy (non-hydrogen) atoms. The normalized spacial score (nSPS) is 11.3. The van der Waals surface area contributed by atoms with Crippen molar-refractivity contribution in [3.63, 3.8) is 0 Å². The summed E-state index contributed by atoms with van der Waals surface area (Å²) < 4.78 is 34.0. The quantitative estimate of drug-likeness (QED) is 0.412. The maximum atomic E-state index is 15.0. The van der Waals surface area contributed by atoms with Gasteiger partial charge in [-0.25, -0.2) is 18.7 Å². The SMILES string of the molecule is CC(C)n1c(=O)c(-c2ccc(NSCc3ccccc3)c(F)c2F)nc2cnc(N)nc21. The van der Waals surface area contributed by atoms with Crippen LogP contribution in [-0.4, -0.2) is 19.5 Å². The lowest BCUT2D eigenvalue weighted by molar-refractivity contribution is 0.514. The zero-order valence-electron chi connectivity index (χ0n) is 17.3. The van der Waals surface area contributed by atoms with Crippen molar-refractivity contribution >= 4 is 34.7 Å². The average Bonchev–Trinajstić information content (AvgIpc) is 2.77. The van der Waals surface area contributed by atoms with Gasteiger partial charge in [-0.05, 0) is 43.5 Å². The molecule has 2 aromatic heterocycles. The third-order valence-corrected chi connectivity index (χ3v) is 5.61. The van der Waals surface area contributed by atoms with Gasteiger partial charge in [-0.15, -0.1) is 0 Å². The minimum Gasteiger partial charge on any atom is -0.368 e. The van der Waals surface area contributed by atoms with Gasteiger partial charge in [-0.3, -0.25) is 9.36 Å². The smallest absolute Gasteiger partial charge is 0.279 e. The van der Waals surface area contributed by atoms with E-state index in [0.717, 1.165) is 5.56 Å². The fourth-order valence-corrected chi connectivity index (χ4v) is 4.00. The lowest BCUT2D eigenvalue weighted by atomic mass is 10.1. The van der Waals surface area contributed by atoms with Gasteiger partial charge in [0.15, 0.2) is 17.3 Å². The Morgan fingerprint density at radius 2 is 1.84 bits per heavy atom. The molecular formula is C22H20F2N6OS. The molecule has 0 fully saturated rings. The van der Waals surface area contributed by atoms with E-state index in [1.807, 2.05) is 30.3 Å². The lowest BCUT2D eigenvalue weighted by Gasteiger charge is -2.15. The molecule has 0 aliphatic carbocycles. The van der Waals surface area contributed by atoms with Crippen LogP contribution in [0.2, 0.25) is 0 Å². The fourth-order valence-electron chi connectivity index (χ4n) is 3.25. The van der Waals surface area contributed by atoms with Gasteiger partial charge in [-0.1, -0.05) is 30.3 Å². The molecule has 0 bridgehead atoms. The van der Waals surface area contributed by atoms with Crippen molar-refractivity contribution in [3.8, 4) is 11.3 Å². The molecule has 10 heteroatoms. The molecule has 0 aliphatic heterocycles. The lowest BCUT2D eigenvalue weighted by Crippen LogP contribution is -2.26. The van der Waals surface area contributed by atoms with Crippen molar-refractivity contribution in [1.29, 1.82) is 0 Å². The number of hydrogen-bond donors (Lipinski definition) is 2. The summed E-state index contributed by atoms with van der Waals surface area (Å²) in [5.41, 5.74) is 6.10. The second-order valence-electron chi connectivity index (χ2n) is 7.33. The van der Waals surface area contributed by atoms with Gasteiger partial charge in [0.1, 0.15) is 11.2 Å². The van der Waals surface area contributed by atoms with Gasteiger partial charge in [0, 0.05) is 17.4 Å². The van der Waals surface area contributed by atoms with E-state index in [0.29, 0.717) is 5.75 Å². The van der Waals surface area contributed by atoms with Crippen LogP contribution in [0.3, 0.4) is 0 Å². The number of fused-ring (bicyclic) bond motifs is 1. The zero-order valence-corrected chi connectivity index (χ0v) is 18.2. The highest BCUT2D eigenvalue weighted by atomic mass is 32.2. The predicted molar refractivity (Wildman–Crippen MR) is 123 cm³/mol. The predicted octanol–water partition coefficient (Wildman–Crippen LogP) is 4.56. The number of nitrogen functional groups attached to an aromatic ring is 1. The molecule has 0 atom stereocenters. The molecule has 0 radical (unpaired) electrons. The molecule has 0 unspecified atom stereocenters. The van der Waals surface area contributed by atoms with E-state index >= 15 is 4.39 Å². The molecule has 2 heterocycles. The van der Waals surface area contributed by atoms with E-state index in [1.54, 1.807) is 13.8 Å². The second kappa shape index (κ2) is 8.91. The molecule has 3 N–H and O–H groups in total. The van der Waals surface area contributed by atoms with Gasteiger partial charge in [0.05, 0.1) is 11.9 Å². The Kier molecular flexibility index (Phi) is 6.04. The summed E-state index contributed by atoms with van der Waals surface area (Å²) >= 11 is 1.23. The summed E-state index contributed by atoms with van der Waals surface area (Å²) in [4.78, 5) is 25.3. The van der Waals surface area contributed by atoms with Crippen molar-refractivity contribution in [2.24, 2.45) is 0 Å². The first kappa shape index (κ1) is 21.7. The van der Waals surface area contributed by atoms with Crippen LogP contribution in [0.1, 0.15) is 25.5 Å². The standard InChI is InChI=1S/C22H20F2N6OS/c1-12(2)30-20-16(10-26-22(25)28-20)27-19(21(30)31)14-8-9-15(18(24)17(14)23)29-32-11-13-6-4-3-5-7-13/h3-10,12,29H,11H2,1-2H3,(H2,25,26,28). The first-order valence-electron chi connectivity index (χ1n) is 9.81. The van der Waals surface area contributed by atoms with Crippen molar-refractivity contribution in [1.82, 2.24) is 19.5 Å². The summed E-state index contributed by atoms with van der Waals surface area (Å²) in [5.74, 6) is -1.69. The Hall–Kier alpha value is -3.53. The Morgan fingerprint density at radius 1 is 1.09 bits per heavy atom. The summed E-state index contributed by atoms with van der Waals surface area (Å²) in [7, 11) is 0. The molecule has 0 saturated carbocycles. The Labute approximate surface area is 186 Å². The summed E-state index contributed by atoms with van der Waals surface area (Å²) in [6.07, 6.45) is 1.35. The molecule has 4 rings (SSSR count). The second-order valence-corrected chi connectivity index (χ2v) is 8.11. The van der Waals surface area contributed by atoms with Crippen LogP contribution >= 0.6 is 11.9 Å². The van der Waals surface area contributed by atoms with Crippen molar-refractivity contribution < 1.29 is 8.78 Å². The van der Waals surface area contributed by atoms with E-state index in [-0.39, 0.29) is 40.1 Å². The molecule has 0 spiro atoms. The third kappa shape index (κ3) is 4.13. The highest BCUT2D eigenvalue weighted by Gasteiger charge is 2.22. The largest absolute Gasteiger partial charge is 0.368 e. The van der Waals surface area contributed by atoms with Crippen molar-refractivity contribution in [3.05, 3.63) is 76.2 Å². The van der Waals surface area contributed by atoms with Crippen LogP contribution in [0.15, 0.2) is 53.5 Å².